The third-order valence-electron chi connectivity index (χ3n) is 3.00. The third kappa shape index (κ3) is 5.07. The average Bonchev–Trinajstić information content (AvgIpc) is 3.22. The molecule has 0 atom stereocenters. The van der Waals surface area contributed by atoms with Crippen LogP contribution in [-0.4, -0.2) is 45.1 Å². The van der Waals surface area contributed by atoms with Gasteiger partial charge < -0.3 is 19.9 Å². The number of esters is 1. The molecule has 24 heavy (non-hydrogen) atoms. The lowest BCUT2D eigenvalue weighted by Gasteiger charge is -2.05. The quantitative estimate of drug-likeness (QED) is 0.680. The van der Waals surface area contributed by atoms with Gasteiger partial charge in [-0.1, -0.05) is 5.16 Å². The highest BCUT2D eigenvalue weighted by Crippen LogP contribution is 2.14. The molecule has 0 radical (unpaired) electrons. The molecule has 2 N–H and O–H groups in total. The molecule has 0 spiro atoms. The highest BCUT2D eigenvalue weighted by Gasteiger charge is 2.11. The molecule has 130 valence electrons. The Morgan fingerprint density at radius 3 is 2.88 bits per heavy atom. The average molecular weight is 336 g/mol. The van der Waals surface area contributed by atoms with Crippen LogP contribution in [0, 0.1) is 0 Å². The summed E-state index contributed by atoms with van der Waals surface area (Å²) in [5.41, 5.74) is 0.741. The smallest absolute Gasteiger partial charge is 0.315 e. The van der Waals surface area contributed by atoms with E-state index >= 15 is 0 Å². The second-order valence-electron chi connectivity index (χ2n) is 4.76. The minimum absolute atomic E-state index is 0.0835. The molecule has 2 aromatic rings. The van der Waals surface area contributed by atoms with E-state index in [1.54, 1.807) is 17.8 Å². The van der Waals surface area contributed by atoms with E-state index in [1.807, 2.05) is 13.1 Å². The Kier molecular flexibility index (Phi) is 6.29. The highest BCUT2D eigenvalue weighted by molar-refractivity contribution is 5.75. The molecule has 0 saturated heterocycles. The molecular weight excluding hydrogens is 316 g/mol. The SMILES string of the molecule is CCOC(=O)CCNC(=O)NCc1nc(-c2cnn(CC)c2)no1. The summed E-state index contributed by atoms with van der Waals surface area (Å²) in [5, 5.41) is 13.1. The van der Waals surface area contributed by atoms with Crippen molar-refractivity contribution in [1.29, 1.82) is 0 Å². The van der Waals surface area contributed by atoms with Crippen molar-refractivity contribution in [1.82, 2.24) is 30.6 Å². The van der Waals surface area contributed by atoms with Gasteiger partial charge in [0, 0.05) is 19.3 Å². The molecule has 0 aliphatic rings. The van der Waals surface area contributed by atoms with Gasteiger partial charge >= 0.3 is 12.0 Å². The van der Waals surface area contributed by atoms with Crippen LogP contribution in [-0.2, 0) is 22.6 Å². The maximum Gasteiger partial charge on any atom is 0.315 e. The van der Waals surface area contributed by atoms with Crippen LogP contribution in [0.2, 0.25) is 0 Å². The second kappa shape index (κ2) is 8.65. The van der Waals surface area contributed by atoms with Crippen molar-refractivity contribution >= 4 is 12.0 Å². The van der Waals surface area contributed by atoms with Gasteiger partial charge in [-0.3, -0.25) is 9.48 Å². The fourth-order valence-corrected chi connectivity index (χ4v) is 1.83. The number of carbonyl (C=O) groups excluding carboxylic acids is 2. The zero-order valence-corrected chi connectivity index (χ0v) is 13.6. The molecule has 0 bridgehead atoms. The van der Waals surface area contributed by atoms with E-state index in [-0.39, 0.29) is 31.4 Å². The monoisotopic (exact) mass is 336 g/mol. The van der Waals surface area contributed by atoms with Gasteiger partial charge in [0.05, 0.1) is 31.3 Å². The van der Waals surface area contributed by atoms with E-state index in [0.29, 0.717) is 12.4 Å². The lowest BCUT2D eigenvalue weighted by Crippen LogP contribution is -2.36. The molecule has 0 aliphatic carbocycles. The van der Waals surface area contributed by atoms with Gasteiger partial charge in [0.1, 0.15) is 0 Å². The molecule has 0 aliphatic heterocycles. The Morgan fingerprint density at radius 1 is 1.33 bits per heavy atom. The van der Waals surface area contributed by atoms with Gasteiger partial charge in [-0.05, 0) is 13.8 Å². The van der Waals surface area contributed by atoms with Crippen molar-refractivity contribution in [3.63, 3.8) is 0 Å². The minimum Gasteiger partial charge on any atom is -0.466 e. The summed E-state index contributed by atoms with van der Waals surface area (Å²) >= 11 is 0. The van der Waals surface area contributed by atoms with Crippen molar-refractivity contribution in [3.8, 4) is 11.4 Å². The largest absolute Gasteiger partial charge is 0.466 e. The molecule has 2 heterocycles. The first kappa shape index (κ1) is 17.4. The summed E-state index contributed by atoms with van der Waals surface area (Å²) in [6, 6.07) is -0.433. The van der Waals surface area contributed by atoms with Crippen LogP contribution < -0.4 is 10.6 Å². The number of rotatable bonds is 8. The van der Waals surface area contributed by atoms with E-state index in [1.165, 1.54) is 0 Å². The number of hydrogen-bond acceptors (Lipinski definition) is 7. The van der Waals surface area contributed by atoms with Crippen molar-refractivity contribution in [3.05, 3.63) is 18.3 Å². The topological polar surface area (TPSA) is 124 Å². The maximum atomic E-state index is 11.6. The van der Waals surface area contributed by atoms with Gasteiger partial charge in [-0.2, -0.15) is 10.1 Å². The molecule has 0 fully saturated rings. The molecule has 10 nitrogen and oxygen atoms in total. The molecule has 0 unspecified atom stereocenters. The van der Waals surface area contributed by atoms with E-state index in [2.05, 4.69) is 25.9 Å². The van der Waals surface area contributed by atoms with Crippen LogP contribution in [0.5, 0.6) is 0 Å². The van der Waals surface area contributed by atoms with Gasteiger partial charge in [-0.25, -0.2) is 4.79 Å². The van der Waals surface area contributed by atoms with Crippen molar-refractivity contribution in [2.45, 2.75) is 33.4 Å². The van der Waals surface area contributed by atoms with Crippen molar-refractivity contribution < 1.29 is 18.8 Å². The van der Waals surface area contributed by atoms with E-state index in [9.17, 15) is 9.59 Å². The number of nitrogens with one attached hydrogen (secondary N) is 2. The number of aryl methyl sites for hydroxylation is 1. The molecule has 2 amide bonds. The Morgan fingerprint density at radius 2 is 2.17 bits per heavy atom. The molecule has 2 aromatic heterocycles. The maximum absolute atomic E-state index is 11.6. The minimum atomic E-state index is -0.433. The van der Waals surface area contributed by atoms with Crippen LogP contribution in [0.1, 0.15) is 26.2 Å². The molecule has 10 heteroatoms. The second-order valence-corrected chi connectivity index (χ2v) is 4.76. The number of amides is 2. The summed E-state index contributed by atoms with van der Waals surface area (Å²) in [5.74, 6) is 0.330. The summed E-state index contributed by atoms with van der Waals surface area (Å²) < 4.78 is 11.6. The van der Waals surface area contributed by atoms with E-state index < -0.39 is 6.03 Å². The van der Waals surface area contributed by atoms with Crippen LogP contribution in [0.3, 0.4) is 0 Å². The van der Waals surface area contributed by atoms with Crippen LogP contribution in [0.4, 0.5) is 4.79 Å². The molecule has 0 aromatic carbocycles. The van der Waals surface area contributed by atoms with Gasteiger partial charge in [0.25, 0.3) is 0 Å². The van der Waals surface area contributed by atoms with E-state index in [4.69, 9.17) is 9.26 Å². The number of ether oxygens (including phenoxy) is 1. The summed E-state index contributed by atoms with van der Waals surface area (Å²) in [6.45, 7) is 5.04. The fourth-order valence-electron chi connectivity index (χ4n) is 1.83. The number of carbonyl (C=O) groups is 2. The predicted molar refractivity (Wildman–Crippen MR) is 82.7 cm³/mol. The number of hydrogen-bond donors (Lipinski definition) is 2. The summed E-state index contributed by atoms with van der Waals surface area (Å²) in [7, 11) is 0. The highest BCUT2D eigenvalue weighted by atomic mass is 16.5. The first-order chi connectivity index (χ1) is 11.6. The van der Waals surface area contributed by atoms with E-state index in [0.717, 1.165) is 12.1 Å². The standard InChI is InChI=1S/C14H20N6O4/c1-3-20-9-10(7-17-20)13-18-11(24-19-13)8-16-14(22)15-6-5-12(21)23-4-2/h7,9H,3-6,8H2,1-2H3,(H2,15,16,22). The Bertz CT molecular complexity index is 680. The lowest BCUT2D eigenvalue weighted by atomic mass is 10.3. The first-order valence-corrected chi connectivity index (χ1v) is 7.65. The first-order valence-electron chi connectivity index (χ1n) is 7.65. The summed E-state index contributed by atoms with van der Waals surface area (Å²) in [4.78, 5) is 26.9. The fraction of sp³-hybridized carbons (Fsp3) is 0.500. The van der Waals surface area contributed by atoms with Crippen LogP contribution >= 0.6 is 0 Å². The number of nitrogens with zero attached hydrogens (tertiary/aromatic N) is 4. The number of aromatic nitrogens is 4. The van der Waals surface area contributed by atoms with Crippen molar-refractivity contribution in [2.24, 2.45) is 0 Å². The Balaban J connectivity index is 1.74. The third-order valence-corrected chi connectivity index (χ3v) is 3.00. The zero-order chi connectivity index (χ0) is 17.4. The van der Waals surface area contributed by atoms with Crippen molar-refractivity contribution in [2.75, 3.05) is 13.2 Å². The van der Waals surface area contributed by atoms with Crippen LogP contribution in [0.15, 0.2) is 16.9 Å². The zero-order valence-electron chi connectivity index (χ0n) is 13.6. The molecule has 0 saturated carbocycles. The van der Waals surface area contributed by atoms with Gasteiger partial charge in [0.2, 0.25) is 11.7 Å². The summed E-state index contributed by atoms with van der Waals surface area (Å²) in [6.07, 6.45) is 3.57. The van der Waals surface area contributed by atoms with Gasteiger partial charge in [0.15, 0.2) is 0 Å². The Labute approximate surface area is 138 Å². The number of urea groups is 1. The van der Waals surface area contributed by atoms with Gasteiger partial charge in [-0.15, -0.1) is 0 Å². The Hall–Kier alpha value is -2.91. The predicted octanol–water partition coefficient (Wildman–Crippen LogP) is 0.705. The normalized spacial score (nSPS) is 10.4. The lowest BCUT2D eigenvalue weighted by molar-refractivity contribution is -0.142. The molecule has 2 rings (SSSR count). The van der Waals surface area contributed by atoms with Crippen LogP contribution in [0.25, 0.3) is 11.4 Å². The molecular formula is C14H20N6O4.